The molecule has 0 unspecified atom stereocenters. The van der Waals surface area contributed by atoms with Crippen molar-refractivity contribution in [3.8, 4) is 0 Å². The van der Waals surface area contributed by atoms with Gasteiger partial charge in [0.15, 0.2) is 0 Å². The van der Waals surface area contributed by atoms with E-state index in [1.54, 1.807) is 30.3 Å². The number of amides is 1. The zero-order chi connectivity index (χ0) is 17.2. The Balaban J connectivity index is 1.44. The van der Waals surface area contributed by atoms with Crippen LogP contribution in [0, 0.1) is 6.92 Å². The number of hydrogen-bond acceptors (Lipinski definition) is 6. The number of piperidine rings is 1. The summed E-state index contributed by atoms with van der Waals surface area (Å²) < 4.78 is 11.9. The van der Waals surface area contributed by atoms with Crippen LogP contribution in [0.5, 0.6) is 0 Å². The molecule has 1 atom stereocenters. The van der Waals surface area contributed by atoms with E-state index in [2.05, 4.69) is 16.8 Å². The highest BCUT2D eigenvalue weighted by Gasteiger charge is 2.43. The van der Waals surface area contributed by atoms with Crippen LogP contribution in [0.15, 0.2) is 5.51 Å². The summed E-state index contributed by atoms with van der Waals surface area (Å²) in [7, 11) is 3.50. The Bertz CT molecular complexity index is 567. The quantitative estimate of drug-likeness (QED) is 0.806. The van der Waals surface area contributed by atoms with Crippen LogP contribution in [0.1, 0.15) is 29.8 Å². The Labute approximate surface area is 147 Å². The van der Waals surface area contributed by atoms with Crippen molar-refractivity contribution in [3.63, 3.8) is 0 Å². The zero-order valence-electron chi connectivity index (χ0n) is 14.8. The first-order chi connectivity index (χ1) is 11.5. The summed E-state index contributed by atoms with van der Waals surface area (Å²) in [4.78, 5) is 21.4. The van der Waals surface area contributed by atoms with E-state index in [1.807, 2.05) is 5.51 Å². The van der Waals surface area contributed by atoms with Gasteiger partial charge in [0.25, 0.3) is 0 Å². The first-order valence-corrected chi connectivity index (χ1v) is 9.42. The highest BCUT2D eigenvalue weighted by molar-refractivity contribution is 7.09. The van der Waals surface area contributed by atoms with Crippen molar-refractivity contribution >= 4 is 17.2 Å². The van der Waals surface area contributed by atoms with E-state index in [9.17, 15) is 4.79 Å². The number of hydrogen-bond donors (Lipinski definition) is 0. The molecule has 7 heteroatoms. The molecule has 3 heterocycles. The molecule has 0 aromatic carbocycles. The Hall–Kier alpha value is -1.02. The van der Waals surface area contributed by atoms with Gasteiger partial charge in [0.05, 0.1) is 29.5 Å². The maximum Gasteiger partial charge on any atom is 0.248 e. The maximum absolute atomic E-state index is 11.6. The molecular formula is C17H27N3O3S. The van der Waals surface area contributed by atoms with Gasteiger partial charge in [-0.05, 0) is 19.8 Å². The van der Waals surface area contributed by atoms with Crippen LogP contribution in [-0.4, -0.2) is 72.8 Å². The lowest BCUT2D eigenvalue weighted by Gasteiger charge is -2.38. The van der Waals surface area contributed by atoms with Crippen LogP contribution in [0.2, 0.25) is 0 Å². The van der Waals surface area contributed by atoms with Crippen molar-refractivity contribution in [2.75, 3.05) is 40.4 Å². The van der Waals surface area contributed by atoms with Crippen LogP contribution in [0.25, 0.3) is 0 Å². The van der Waals surface area contributed by atoms with Crippen molar-refractivity contribution in [1.29, 1.82) is 0 Å². The van der Waals surface area contributed by atoms with E-state index in [0.717, 1.165) is 44.6 Å². The molecule has 0 radical (unpaired) electrons. The fourth-order valence-corrected chi connectivity index (χ4v) is 4.19. The van der Waals surface area contributed by atoms with Gasteiger partial charge in [0, 0.05) is 45.0 Å². The molecule has 1 aromatic rings. The third kappa shape index (κ3) is 4.14. The molecule has 1 aromatic heterocycles. The smallest absolute Gasteiger partial charge is 0.248 e. The zero-order valence-corrected chi connectivity index (χ0v) is 15.6. The van der Waals surface area contributed by atoms with Gasteiger partial charge < -0.3 is 14.4 Å². The van der Waals surface area contributed by atoms with Crippen LogP contribution < -0.4 is 0 Å². The number of nitrogens with zero attached hydrogens (tertiary/aromatic N) is 3. The Kier molecular flexibility index (Phi) is 5.54. The minimum absolute atomic E-state index is 0.00527. The Morgan fingerprint density at radius 3 is 2.88 bits per heavy atom. The molecule has 2 aliphatic rings. The molecule has 2 aliphatic heterocycles. The maximum atomic E-state index is 11.6. The average molecular weight is 353 g/mol. The number of likely N-dealkylation sites (N-methyl/N-ethyl adjacent to an activating group) is 1. The molecule has 134 valence electrons. The Morgan fingerprint density at radius 1 is 1.50 bits per heavy atom. The van der Waals surface area contributed by atoms with E-state index >= 15 is 0 Å². The number of carbonyl (C=O) groups is 1. The van der Waals surface area contributed by atoms with Crippen molar-refractivity contribution in [1.82, 2.24) is 14.8 Å². The minimum Gasteiger partial charge on any atom is -0.372 e. The SMILES string of the molecule is Cc1ncsc1CN1CCC2(CC1)C[C@@H](OCC(=O)N(C)C)CO2. The molecule has 6 nitrogen and oxygen atoms in total. The third-order valence-electron chi connectivity index (χ3n) is 5.10. The van der Waals surface area contributed by atoms with Gasteiger partial charge in [0.2, 0.25) is 5.91 Å². The predicted molar refractivity (Wildman–Crippen MR) is 93.1 cm³/mol. The molecule has 2 saturated heterocycles. The molecule has 2 fully saturated rings. The van der Waals surface area contributed by atoms with Crippen molar-refractivity contribution in [2.24, 2.45) is 0 Å². The summed E-state index contributed by atoms with van der Waals surface area (Å²) in [6.45, 7) is 5.90. The molecule has 0 aliphatic carbocycles. The van der Waals surface area contributed by atoms with E-state index in [-0.39, 0.29) is 24.2 Å². The van der Waals surface area contributed by atoms with E-state index in [4.69, 9.17) is 9.47 Å². The summed E-state index contributed by atoms with van der Waals surface area (Å²) >= 11 is 1.74. The lowest BCUT2D eigenvalue weighted by molar-refractivity contribution is -0.135. The molecule has 1 spiro atoms. The van der Waals surface area contributed by atoms with E-state index < -0.39 is 0 Å². The number of aryl methyl sites for hydroxylation is 1. The fourth-order valence-electron chi connectivity index (χ4n) is 3.38. The first kappa shape index (κ1) is 17.8. The molecular weight excluding hydrogens is 326 g/mol. The second-order valence-corrected chi connectivity index (χ2v) is 8.00. The van der Waals surface area contributed by atoms with E-state index in [1.165, 1.54) is 4.88 Å². The molecule has 24 heavy (non-hydrogen) atoms. The van der Waals surface area contributed by atoms with Gasteiger partial charge in [-0.2, -0.15) is 0 Å². The fraction of sp³-hybridized carbons (Fsp3) is 0.765. The first-order valence-electron chi connectivity index (χ1n) is 8.54. The lowest BCUT2D eigenvalue weighted by atomic mass is 9.88. The van der Waals surface area contributed by atoms with Crippen molar-refractivity contribution in [3.05, 3.63) is 16.1 Å². The van der Waals surface area contributed by atoms with Crippen LogP contribution in [0.3, 0.4) is 0 Å². The molecule has 0 bridgehead atoms. The summed E-state index contributed by atoms with van der Waals surface area (Å²) in [5, 5.41) is 0. The number of aromatic nitrogens is 1. The minimum atomic E-state index is -0.0505. The van der Waals surface area contributed by atoms with Gasteiger partial charge >= 0.3 is 0 Å². The van der Waals surface area contributed by atoms with Crippen LogP contribution in [-0.2, 0) is 20.8 Å². The summed E-state index contributed by atoms with van der Waals surface area (Å²) in [5.74, 6) is 0.00527. The monoisotopic (exact) mass is 353 g/mol. The average Bonchev–Trinajstić information content (AvgIpc) is 3.14. The van der Waals surface area contributed by atoms with Gasteiger partial charge in [-0.1, -0.05) is 0 Å². The normalized spacial score (nSPS) is 23.7. The van der Waals surface area contributed by atoms with Gasteiger partial charge in [-0.15, -0.1) is 11.3 Å². The van der Waals surface area contributed by atoms with Gasteiger partial charge in [-0.3, -0.25) is 9.69 Å². The van der Waals surface area contributed by atoms with Crippen LogP contribution >= 0.6 is 11.3 Å². The topological polar surface area (TPSA) is 54.9 Å². The predicted octanol–water partition coefficient (Wildman–Crippen LogP) is 1.68. The van der Waals surface area contributed by atoms with Crippen molar-refractivity contribution in [2.45, 2.75) is 44.4 Å². The molecule has 0 saturated carbocycles. The summed E-state index contributed by atoms with van der Waals surface area (Å²) in [6.07, 6.45) is 3.02. The molecule has 3 rings (SSSR count). The number of carbonyl (C=O) groups excluding carboxylic acids is 1. The largest absolute Gasteiger partial charge is 0.372 e. The number of ether oxygens (including phenoxy) is 2. The van der Waals surface area contributed by atoms with Gasteiger partial charge in [0.1, 0.15) is 6.61 Å². The summed E-state index contributed by atoms with van der Waals surface area (Å²) in [6, 6.07) is 0. The van der Waals surface area contributed by atoms with E-state index in [0.29, 0.717) is 6.61 Å². The molecule has 1 amide bonds. The highest BCUT2D eigenvalue weighted by Crippen LogP contribution is 2.37. The second kappa shape index (κ2) is 7.47. The summed E-state index contributed by atoms with van der Waals surface area (Å²) in [5.41, 5.74) is 3.02. The number of likely N-dealkylation sites (tertiary alicyclic amines) is 1. The third-order valence-corrected chi connectivity index (χ3v) is 6.02. The Morgan fingerprint density at radius 2 is 2.25 bits per heavy atom. The van der Waals surface area contributed by atoms with Crippen LogP contribution in [0.4, 0.5) is 0 Å². The van der Waals surface area contributed by atoms with Gasteiger partial charge in [-0.25, -0.2) is 4.98 Å². The number of thiazole rings is 1. The molecule has 0 N–H and O–H groups in total. The standard InChI is InChI=1S/C17H27N3O3S/c1-13-15(24-12-18-13)9-20-6-4-17(5-7-20)8-14(10-23-17)22-11-16(21)19(2)3/h12,14H,4-11H2,1-3H3/t14-/m1/s1. The number of rotatable bonds is 5. The lowest BCUT2D eigenvalue weighted by Crippen LogP contribution is -2.44. The second-order valence-electron chi connectivity index (χ2n) is 7.06. The highest BCUT2D eigenvalue weighted by atomic mass is 32.1. The van der Waals surface area contributed by atoms with Crippen molar-refractivity contribution < 1.29 is 14.3 Å².